The number of thiazole rings is 1. The van der Waals surface area contributed by atoms with Gasteiger partial charge in [0.15, 0.2) is 5.13 Å². The van der Waals surface area contributed by atoms with E-state index in [4.69, 9.17) is 11.6 Å². The molecule has 0 atom stereocenters. The Hall–Kier alpha value is -2.43. The highest BCUT2D eigenvalue weighted by atomic mass is 35.5. The number of anilines is 1. The van der Waals surface area contributed by atoms with Gasteiger partial charge in [-0.2, -0.15) is 0 Å². The Morgan fingerprint density at radius 1 is 1.20 bits per heavy atom. The summed E-state index contributed by atoms with van der Waals surface area (Å²) in [4.78, 5) is 16.6. The average molecular weight is 369 g/mol. The number of amides is 1. The van der Waals surface area contributed by atoms with Crippen molar-refractivity contribution in [1.82, 2.24) is 4.98 Å². The summed E-state index contributed by atoms with van der Waals surface area (Å²) < 4.78 is 0. The van der Waals surface area contributed by atoms with Crippen LogP contribution in [0.1, 0.15) is 16.7 Å². The van der Waals surface area contributed by atoms with Crippen molar-refractivity contribution in [1.29, 1.82) is 0 Å². The second-order valence-electron chi connectivity index (χ2n) is 5.70. The van der Waals surface area contributed by atoms with Crippen LogP contribution in [0.5, 0.6) is 0 Å². The molecule has 0 aliphatic rings. The first-order chi connectivity index (χ1) is 12.0. The normalized spacial score (nSPS) is 11.0. The zero-order valence-corrected chi connectivity index (χ0v) is 15.5. The Morgan fingerprint density at radius 3 is 2.76 bits per heavy atom. The van der Waals surface area contributed by atoms with E-state index in [0.717, 1.165) is 16.8 Å². The number of carbonyl (C=O) groups is 1. The molecule has 0 aliphatic carbocycles. The molecular weight excluding hydrogens is 352 g/mol. The fourth-order valence-corrected chi connectivity index (χ4v) is 3.39. The number of aryl methyl sites for hydroxylation is 2. The lowest BCUT2D eigenvalue weighted by Crippen LogP contribution is -2.07. The highest BCUT2D eigenvalue weighted by molar-refractivity contribution is 7.14. The fourth-order valence-electron chi connectivity index (χ4n) is 2.48. The highest BCUT2D eigenvalue weighted by Gasteiger charge is 2.08. The first kappa shape index (κ1) is 17.4. The number of aromatic nitrogens is 1. The molecule has 0 bridgehead atoms. The standard InChI is InChI=1S/C20H17ClN2OS/c1-13-7-9-16(14(2)11-13)18-12-25-20(22-18)23-19(24)10-8-15-5-3-4-6-17(15)21/h3-12H,1-2H3,(H,22,23,24)/b10-8+. The summed E-state index contributed by atoms with van der Waals surface area (Å²) in [6.45, 7) is 4.13. The molecule has 0 fully saturated rings. The number of nitrogens with one attached hydrogen (secondary N) is 1. The van der Waals surface area contributed by atoms with Gasteiger partial charge in [-0.25, -0.2) is 4.98 Å². The van der Waals surface area contributed by atoms with Crippen LogP contribution >= 0.6 is 22.9 Å². The summed E-state index contributed by atoms with van der Waals surface area (Å²) >= 11 is 7.48. The minimum atomic E-state index is -0.235. The van der Waals surface area contributed by atoms with Gasteiger partial charge >= 0.3 is 0 Å². The van der Waals surface area contributed by atoms with Crippen molar-refractivity contribution in [2.45, 2.75) is 13.8 Å². The Bertz CT molecular complexity index is 946. The molecule has 5 heteroatoms. The van der Waals surface area contributed by atoms with Gasteiger partial charge in [-0.15, -0.1) is 11.3 Å². The summed E-state index contributed by atoms with van der Waals surface area (Å²) in [5, 5.41) is 5.92. The van der Waals surface area contributed by atoms with Crippen LogP contribution in [-0.4, -0.2) is 10.9 Å². The van der Waals surface area contributed by atoms with Crippen LogP contribution < -0.4 is 5.32 Å². The van der Waals surface area contributed by atoms with E-state index in [2.05, 4.69) is 42.3 Å². The smallest absolute Gasteiger partial charge is 0.250 e. The summed E-state index contributed by atoms with van der Waals surface area (Å²) in [6.07, 6.45) is 3.15. The van der Waals surface area contributed by atoms with E-state index in [1.807, 2.05) is 23.6 Å². The molecule has 0 saturated heterocycles. The third-order valence-electron chi connectivity index (χ3n) is 3.71. The molecule has 126 valence electrons. The zero-order chi connectivity index (χ0) is 17.8. The average Bonchev–Trinajstić information content (AvgIpc) is 3.02. The summed E-state index contributed by atoms with van der Waals surface area (Å²) in [5.74, 6) is -0.235. The fraction of sp³-hybridized carbons (Fsp3) is 0.100. The highest BCUT2D eigenvalue weighted by Crippen LogP contribution is 2.28. The van der Waals surface area contributed by atoms with Crippen LogP contribution in [0.3, 0.4) is 0 Å². The van der Waals surface area contributed by atoms with Crippen LogP contribution in [-0.2, 0) is 4.79 Å². The molecule has 1 amide bonds. The second kappa shape index (κ2) is 7.64. The molecule has 0 spiro atoms. The predicted molar refractivity (Wildman–Crippen MR) is 106 cm³/mol. The molecule has 0 unspecified atom stereocenters. The first-order valence-corrected chi connectivity index (χ1v) is 9.05. The van der Waals surface area contributed by atoms with Crippen molar-refractivity contribution in [2.24, 2.45) is 0 Å². The maximum atomic E-state index is 12.1. The third kappa shape index (κ3) is 4.35. The number of nitrogens with zero attached hydrogens (tertiary/aromatic N) is 1. The van der Waals surface area contributed by atoms with Gasteiger partial charge in [-0.05, 0) is 37.1 Å². The second-order valence-corrected chi connectivity index (χ2v) is 6.97. The summed E-state index contributed by atoms with van der Waals surface area (Å²) in [6, 6.07) is 13.6. The molecule has 3 rings (SSSR count). The molecule has 1 heterocycles. The minimum absolute atomic E-state index is 0.235. The number of halogens is 1. The molecule has 0 saturated carbocycles. The Kier molecular flexibility index (Phi) is 5.31. The van der Waals surface area contributed by atoms with Crippen LogP contribution in [0.4, 0.5) is 5.13 Å². The van der Waals surface area contributed by atoms with Gasteiger partial charge in [0.05, 0.1) is 5.69 Å². The molecule has 3 aromatic rings. The van der Waals surface area contributed by atoms with Crippen molar-refractivity contribution >= 4 is 40.1 Å². The topological polar surface area (TPSA) is 42.0 Å². The lowest BCUT2D eigenvalue weighted by molar-refractivity contribution is -0.111. The van der Waals surface area contributed by atoms with Gasteiger partial charge in [0, 0.05) is 22.0 Å². The number of hydrogen-bond donors (Lipinski definition) is 1. The molecule has 3 nitrogen and oxygen atoms in total. The third-order valence-corrected chi connectivity index (χ3v) is 4.81. The van der Waals surface area contributed by atoms with E-state index in [1.54, 1.807) is 12.1 Å². The van der Waals surface area contributed by atoms with Crippen molar-refractivity contribution in [2.75, 3.05) is 5.32 Å². The van der Waals surface area contributed by atoms with Gasteiger partial charge in [0.25, 0.3) is 0 Å². The van der Waals surface area contributed by atoms with E-state index in [-0.39, 0.29) is 5.91 Å². The summed E-state index contributed by atoms with van der Waals surface area (Å²) in [7, 11) is 0. The molecule has 0 radical (unpaired) electrons. The minimum Gasteiger partial charge on any atom is -0.298 e. The Balaban J connectivity index is 1.71. The van der Waals surface area contributed by atoms with Crippen molar-refractivity contribution in [3.8, 4) is 11.3 Å². The number of carbonyl (C=O) groups excluding carboxylic acids is 1. The predicted octanol–water partition coefficient (Wildman–Crippen LogP) is 5.73. The van der Waals surface area contributed by atoms with Crippen LogP contribution in [0.15, 0.2) is 53.9 Å². The van der Waals surface area contributed by atoms with E-state index in [0.29, 0.717) is 10.2 Å². The van der Waals surface area contributed by atoms with Crippen molar-refractivity contribution in [3.05, 3.63) is 75.6 Å². The monoisotopic (exact) mass is 368 g/mol. The molecule has 2 aromatic carbocycles. The maximum absolute atomic E-state index is 12.1. The van der Waals surface area contributed by atoms with E-state index in [1.165, 1.54) is 28.5 Å². The molecule has 25 heavy (non-hydrogen) atoms. The van der Waals surface area contributed by atoms with E-state index in [9.17, 15) is 4.79 Å². The van der Waals surface area contributed by atoms with Crippen molar-refractivity contribution < 1.29 is 4.79 Å². The lowest BCUT2D eigenvalue weighted by atomic mass is 10.0. The molecule has 1 aromatic heterocycles. The van der Waals surface area contributed by atoms with Gasteiger partial charge in [-0.1, -0.05) is 53.6 Å². The van der Waals surface area contributed by atoms with Gasteiger partial charge in [-0.3, -0.25) is 10.1 Å². The van der Waals surface area contributed by atoms with Gasteiger partial charge in [0.2, 0.25) is 5.91 Å². The van der Waals surface area contributed by atoms with Gasteiger partial charge in [0.1, 0.15) is 0 Å². The van der Waals surface area contributed by atoms with Gasteiger partial charge < -0.3 is 0 Å². The first-order valence-electron chi connectivity index (χ1n) is 7.79. The largest absolute Gasteiger partial charge is 0.298 e. The van der Waals surface area contributed by atoms with Crippen molar-refractivity contribution in [3.63, 3.8) is 0 Å². The summed E-state index contributed by atoms with van der Waals surface area (Å²) in [5.41, 5.74) is 5.13. The van der Waals surface area contributed by atoms with E-state index < -0.39 is 0 Å². The number of hydrogen-bond acceptors (Lipinski definition) is 3. The van der Waals surface area contributed by atoms with E-state index >= 15 is 0 Å². The quantitative estimate of drug-likeness (QED) is 0.597. The zero-order valence-electron chi connectivity index (χ0n) is 13.9. The number of benzene rings is 2. The van der Waals surface area contributed by atoms with Crippen LogP contribution in [0, 0.1) is 13.8 Å². The van der Waals surface area contributed by atoms with Crippen LogP contribution in [0.25, 0.3) is 17.3 Å². The molecule has 0 aliphatic heterocycles. The Labute approximate surface area is 156 Å². The van der Waals surface area contributed by atoms with Crippen LogP contribution in [0.2, 0.25) is 5.02 Å². The Morgan fingerprint density at radius 2 is 2.00 bits per heavy atom. The molecule has 1 N–H and O–H groups in total. The lowest BCUT2D eigenvalue weighted by Gasteiger charge is -2.03. The SMILES string of the molecule is Cc1ccc(-c2csc(NC(=O)/C=C/c3ccccc3Cl)n2)c(C)c1. The molecular formula is C20H17ClN2OS. The maximum Gasteiger partial charge on any atom is 0.250 e. The number of rotatable bonds is 4.